The lowest BCUT2D eigenvalue weighted by atomic mass is 10.2. The van der Waals surface area contributed by atoms with Crippen LogP contribution < -0.4 is 5.32 Å². The highest BCUT2D eigenvalue weighted by Crippen LogP contribution is 2.24. The minimum absolute atomic E-state index is 0.0597. The number of carbonyl (C=O) groups is 1. The number of hydrogen-bond donors (Lipinski definition) is 1. The van der Waals surface area contributed by atoms with Crippen molar-refractivity contribution in [2.24, 2.45) is 0 Å². The third-order valence-corrected chi connectivity index (χ3v) is 4.84. The number of morpholine rings is 1. The first-order chi connectivity index (χ1) is 11.2. The summed E-state index contributed by atoms with van der Waals surface area (Å²) < 4.78 is 8.37. The van der Waals surface area contributed by atoms with Gasteiger partial charge in [0.05, 0.1) is 13.2 Å². The number of ether oxygens (including phenoxy) is 1. The Balaban J connectivity index is 1.44. The van der Waals surface area contributed by atoms with E-state index in [0.717, 1.165) is 61.2 Å². The van der Waals surface area contributed by atoms with Gasteiger partial charge in [-0.15, -0.1) is 0 Å². The number of nitrogens with one attached hydrogen (secondary N) is 1. The van der Waals surface area contributed by atoms with Crippen LogP contribution in [0.4, 0.5) is 0 Å². The first kappa shape index (κ1) is 16.5. The van der Waals surface area contributed by atoms with Gasteiger partial charge in [-0.1, -0.05) is 22.0 Å². The second-order valence-electron chi connectivity index (χ2n) is 5.77. The largest absolute Gasteiger partial charge is 0.379 e. The predicted molar refractivity (Wildman–Crippen MR) is 94.5 cm³/mol. The summed E-state index contributed by atoms with van der Waals surface area (Å²) in [6.07, 6.45) is 2.94. The number of nitrogens with zero attached hydrogens (tertiary/aromatic N) is 2. The molecule has 3 rings (SSSR count). The summed E-state index contributed by atoms with van der Waals surface area (Å²) >= 11 is 3.54. The molecular formula is C17H22BrN3O2. The SMILES string of the molecule is O=C(Cn1ccc2c(Br)cccc21)NCCCN1CCOCC1. The van der Waals surface area contributed by atoms with Crippen molar-refractivity contribution in [1.82, 2.24) is 14.8 Å². The Hall–Kier alpha value is -1.37. The van der Waals surface area contributed by atoms with Gasteiger partial charge in [-0.3, -0.25) is 9.69 Å². The third kappa shape index (κ3) is 4.34. The number of rotatable bonds is 6. The third-order valence-electron chi connectivity index (χ3n) is 4.15. The van der Waals surface area contributed by atoms with Gasteiger partial charge in [0.2, 0.25) is 5.91 Å². The minimum atomic E-state index is 0.0597. The summed E-state index contributed by atoms with van der Waals surface area (Å²) in [5.41, 5.74) is 1.07. The lowest BCUT2D eigenvalue weighted by Crippen LogP contribution is -2.38. The summed E-state index contributed by atoms with van der Waals surface area (Å²) in [6.45, 7) is 5.74. The quantitative estimate of drug-likeness (QED) is 0.782. The van der Waals surface area contributed by atoms with E-state index in [1.165, 1.54) is 0 Å². The number of amides is 1. The molecular weight excluding hydrogens is 358 g/mol. The molecule has 2 heterocycles. The van der Waals surface area contributed by atoms with Crippen LogP contribution in [0.3, 0.4) is 0 Å². The summed E-state index contributed by atoms with van der Waals surface area (Å²) in [6, 6.07) is 8.07. The topological polar surface area (TPSA) is 46.5 Å². The van der Waals surface area contributed by atoms with E-state index in [2.05, 4.69) is 26.1 Å². The molecule has 0 saturated carbocycles. The fourth-order valence-electron chi connectivity index (χ4n) is 2.89. The van der Waals surface area contributed by atoms with Gasteiger partial charge >= 0.3 is 0 Å². The van der Waals surface area contributed by atoms with E-state index in [-0.39, 0.29) is 5.91 Å². The molecule has 1 amide bonds. The van der Waals surface area contributed by atoms with Crippen molar-refractivity contribution in [3.63, 3.8) is 0 Å². The van der Waals surface area contributed by atoms with Gasteiger partial charge in [-0.25, -0.2) is 0 Å². The standard InChI is InChI=1S/C17H22BrN3O2/c18-15-3-1-4-16-14(15)5-8-21(16)13-17(22)19-6-2-7-20-9-11-23-12-10-20/h1,3-5,8H,2,6-7,9-13H2,(H,19,22). The van der Waals surface area contributed by atoms with Gasteiger partial charge in [0.15, 0.2) is 0 Å². The molecule has 0 bridgehead atoms. The molecule has 1 saturated heterocycles. The Morgan fingerprint density at radius 2 is 2.09 bits per heavy atom. The summed E-state index contributed by atoms with van der Waals surface area (Å²) in [5, 5.41) is 4.14. The van der Waals surface area contributed by atoms with E-state index in [9.17, 15) is 4.79 Å². The molecule has 124 valence electrons. The average Bonchev–Trinajstić information content (AvgIpc) is 2.97. The second kappa shape index (κ2) is 7.95. The van der Waals surface area contributed by atoms with Crippen molar-refractivity contribution in [3.8, 4) is 0 Å². The zero-order valence-electron chi connectivity index (χ0n) is 13.1. The maximum atomic E-state index is 12.1. The van der Waals surface area contributed by atoms with E-state index in [4.69, 9.17) is 4.74 Å². The maximum absolute atomic E-state index is 12.1. The Morgan fingerprint density at radius 3 is 2.91 bits per heavy atom. The first-order valence-electron chi connectivity index (χ1n) is 8.04. The molecule has 5 nitrogen and oxygen atoms in total. The fraction of sp³-hybridized carbons (Fsp3) is 0.471. The molecule has 2 aromatic rings. The highest BCUT2D eigenvalue weighted by molar-refractivity contribution is 9.10. The summed E-state index contributed by atoms with van der Waals surface area (Å²) in [4.78, 5) is 14.5. The molecule has 0 unspecified atom stereocenters. The van der Waals surface area contributed by atoms with Crippen LogP contribution in [0.15, 0.2) is 34.9 Å². The highest BCUT2D eigenvalue weighted by atomic mass is 79.9. The van der Waals surface area contributed by atoms with E-state index in [0.29, 0.717) is 6.54 Å². The number of halogens is 1. The summed E-state index contributed by atoms with van der Waals surface area (Å²) in [5.74, 6) is 0.0597. The fourth-order valence-corrected chi connectivity index (χ4v) is 3.38. The van der Waals surface area contributed by atoms with Crippen molar-refractivity contribution in [1.29, 1.82) is 0 Å². The molecule has 1 aromatic heterocycles. The Labute approximate surface area is 144 Å². The lowest BCUT2D eigenvalue weighted by molar-refractivity contribution is -0.121. The second-order valence-corrected chi connectivity index (χ2v) is 6.63. The molecule has 1 N–H and O–H groups in total. The average molecular weight is 380 g/mol. The number of carbonyl (C=O) groups excluding carboxylic acids is 1. The maximum Gasteiger partial charge on any atom is 0.239 e. The number of benzene rings is 1. The Morgan fingerprint density at radius 1 is 1.26 bits per heavy atom. The molecule has 1 aliphatic heterocycles. The van der Waals surface area contributed by atoms with Crippen LogP contribution in [0, 0.1) is 0 Å². The van der Waals surface area contributed by atoms with E-state index in [1.54, 1.807) is 0 Å². The van der Waals surface area contributed by atoms with Gasteiger partial charge in [-0.05, 0) is 31.2 Å². The molecule has 1 aliphatic rings. The molecule has 0 radical (unpaired) electrons. The van der Waals surface area contributed by atoms with Crippen molar-refractivity contribution in [3.05, 3.63) is 34.9 Å². The van der Waals surface area contributed by atoms with Crippen molar-refractivity contribution >= 4 is 32.7 Å². The van der Waals surface area contributed by atoms with Gasteiger partial charge in [0.1, 0.15) is 6.54 Å². The van der Waals surface area contributed by atoms with Crippen LogP contribution >= 0.6 is 15.9 Å². The zero-order valence-corrected chi connectivity index (χ0v) is 14.7. The van der Waals surface area contributed by atoms with Crippen molar-refractivity contribution in [2.45, 2.75) is 13.0 Å². The predicted octanol–water partition coefficient (Wildman–Crippen LogP) is 2.24. The van der Waals surface area contributed by atoms with Crippen LogP contribution in [-0.2, 0) is 16.1 Å². The summed E-state index contributed by atoms with van der Waals surface area (Å²) in [7, 11) is 0. The van der Waals surface area contributed by atoms with Crippen LogP contribution in [0.1, 0.15) is 6.42 Å². The first-order valence-corrected chi connectivity index (χ1v) is 8.83. The number of hydrogen-bond acceptors (Lipinski definition) is 3. The lowest BCUT2D eigenvalue weighted by Gasteiger charge is -2.26. The highest BCUT2D eigenvalue weighted by Gasteiger charge is 2.10. The molecule has 1 fully saturated rings. The van der Waals surface area contributed by atoms with E-state index < -0.39 is 0 Å². The molecule has 0 spiro atoms. The van der Waals surface area contributed by atoms with Gasteiger partial charge < -0.3 is 14.6 Å². The van der Waals surface area contributed by atoms with Gasteiger partial charge in [0, 0.05) is 41.2 Å². The number of aromatic nitrogens is 1. The molecule has 0 atom stereocenters. The van der Waals surface area contributed by atoms with Crippen LogP contribution in [-0.4, -0.2) is 54.8 Å². The molecule has 6 heteroatoms. The monoisotopic (exact) mass is 379 g/mol. The van der Waals surface area contributed by atoms with Crippen molar-refractivity contribution in [2.75, 3.05) is 39.4 Å². The van der Waals surface area contributed by atoms with Crippen LogP contribution in [0.25, 0.3) is 10.9 Å². The van der Waals surface area contributed by atoms with E-state index >= 15 is 0 Å². The Bertz CT molecular complexity index is 665. The number of fused-ring (bicyclic) bond motifs is 1. The smallest absolute Gasteiger partial charge is 0.239 e. The Kier molecular flexibility index (Phi) is 5.70. The van der Waals surface area contributed by atoms with E-state index in [1.807, 2.05) is 35.0 Å². The van der Waals surface area contributed by atoms with Crippen LogP contribution in [0.2, 0.25) is 0 Å². The molecule has 0 aliphatic carbocycles. The minimum Gasteiger partial charge on any atom is -0.379 e. The normalized spacial score (nSPS) is 15.9. The van der Waals surface area contributed by atoms with Gasteiger partial charge in [-0.2, -0.15) is 0 Å². The molecule has 1 aromatic carbocycles. The van der Waals surface area contributed by atoms with Crippen molar-refractivity contribution < 1.29 is 9.53 Å². The van der Waals surface area contributed by atoms with Gasteiger partial charge in [0.25, 0.3) is 0 Å². The zero-order chi connectivity index (χ0) is 16.1. The molecule has 23 heavy (non-hydrogen) atoms. The van der Waals surface area contributed by atoms with Crippen LogP contribution in [0.5, 0.6) is 0 Å².